The molecule has 4 aromatic rings. The first-order valence-corrected chi connectivity index (χ1v) is 7.15. The summed E-state index contributed by atoms with van der Waals surface area (Å²) in [5, 5.41) is 2.70. The van der Waals surface area contributed by atoms with Crippen LogP contribution in [0, 0.1) is 0 Å². The molecule has 3 aromatic carbocycles. The first-order valence-electron chi connectivity index (χ1n) is 7.15. The number of esters is 1. The van der Waals surface area contributed by atoms with Gasteiger partial charge < -0.3 is 9.15 Å². The van der Waals surface area contributed by atoms with E-state index in [9.17, 15) is 9.59 Å². The number of rotatable bonds is 1. The van der Waals surface area contributed by atoms with Gasteiger partial charge in [-0.15, -0.1) is 0 Å². The van der Waals surface area contributed by atoms with Crippen LogP contribution in [0.4, 0.5) is 0 Å². The highest BCUT2D eigenvalue weighted by atomic mass is 16.5. The van der Waals surface area contributed by atoms with E-state index in [2.05, 4.69) is 0 Å². The van der Waals surface area contributed by atoms with E-state index in [1.807, 2.05) is 18.2 Å². The first-order chi connectivity index (χ1) is 11.2. The second-order valence-electron chi connectivity index (χ2n) is 5.30. The lowest BCUT2D eigenvalue weighted by molar-refractivity contribution is 0.0601. The maximum absolute atomic E-state index is 12.6. The first kappa shape index (κ1) is 13.5. The summed E-state index contributed by atoms with van der Waals surface area (Å²) >= 11 is 0. The molecule has 0 aliphatic heterocycles. The fourth-order valence-corrected chi connectivity index (χ4v) is 2.83. The Balaban J connectivity index is 2.12. The number of ether oxygens (including phenoxy) is 1. The van der Waals surface area contributed by atoms with Gasteiger partial charge in [-0.05, 0) is 41.8 Å². The summed E-state index contributed by atoms with van der Waals surface area (Å²) in [5.41, 5.74) is 1.49. The lowest BCUT2D eigenvalue weighted by atomic mass is 10.0. The summed E-state index contributed by atoms with van der Waals surface area (Å²) in [5.74, 6) is -0.396. The quantitative estimate of drug-likeness (QED) is 0.304. The molecule has 0 N–H and O–H groups in total. The zero-order valence-electron chi connectivity index (χ0n) is 12.3. The van der Waals surface area contributed by atoms with Gasteiger partial charge in [-0.25, -0.2) is 4.79 Å². The third-order valence-electron chi connectivity index (χ3n) is 3.98. The number of carbonyl (C=O) groups excluding carboxylic acids is 1. The Hall–Kier alpha value is -3.14. The molecule has 0 saturated heterocycles. The number of benzene rings is 3. The van der Waals surface area contributed by atoms with E-state index in [4.69, 9.17) is 9.15 Å². The summed E-state index contributed by atoms with van der Waals surface area (Å²) in [4.78, 5) is 24.3. The zero-order valence-corrected chi connectivity index (χ0v) is 12.3. The van der Waals surface area contributed by atoms with E-state index in [0.717, 1.165) is 10.8 Å². The van der Waals surface area contributed by atoms with Gasteiger partial charge in [-0.3, -0.25) is 4.79 Å². The van der Waals surface area contributed by atoms with E-state index in [1.165, 1.54) is 7.11 Å². The molecule has 0 saturated carbocycles. The minimum atomic E-state index is -0.396. The Bertz CT molecular complexity index is 1140. The third-order valence-corrected chi connectivity index (χ3v) is 3.98. The van der Waals surface area contributed by atoms with E-state index >= 15 is 0 Å². The maximum Gasteiger partial charge on any atom is 0.337 e. The Kier molecular flexibility index (Phi) is 2.91. The van der Waals surface area contributed by atoms with Crippen molar-refractivity contribution in [3.63, 3.8) is 0 Å². The van der Waals surface area contributed by atoms with Crippen molar-refractivity contribution in [2.24, 2.45) is 0 Å². The van der Waals surface area contributed by atoms with Crippen LogP contribution in [-0.2, 0) is 4.74 Å². The molecule has 4 nitrogen and oxygen atoms in total. The van der Waals surface area contributed by atoms with Crippen LogP contribution in [0.5, 0.6) is 0 Å². The Morgan fingerprint density at radius 2 is 1.74 bits per heavy atom. The molecule has 1 heterocycles. The average molecular weight is 304 g/mol. The van der Waals surface area contributed by atoms with Gasteiger partial charge in [0.1, 0.15) is 11.2 Å². The molecular formula is C19H12O4. The van der Waals surface area contributed by atoms with Gasteiger partial charge in [-0.1, -0.05) is 18.2 Å². The molecule has 0 bridgehead atoms. The molecule has 23 heavy (non-hydrogen) atoms. The molecule has 0 unspecified atom stereocenters. The van der Waals surface area contributed by atoms with Crippen molar-refractivity contribution in [3.8, 4) is 0 Å². The molecule has 0 spiro atoms. The molecule has 0 aliphatic carbocycles. The fourth-order valence-electron chi connectivity index (χ4n) is 2.83. The van der Waals surface area contributed by atoms with Crippen LogP contribution < -0.4 is 5.43 Å². The molecule has 0 fully saturated rings. The van der Waals surface area contributed by atoms with Gasteiger partial charge in [0, 0.05) is 5.39 Å². The van der Waals surface area contributed by atoms with Gasteiger partial charge >= 0.3 is 5.97 Å². The summed E-state index contributed by atoms with van der Waals surface area (Å²) < 4.78 is 10.7. The number of hydrogen-bond acceptors (Lipinski definition) is 4. The molecule has 112 valence electrons. The van der Waals surface area contributed by atoms with E-state index in [1.54, 1.807) is 36.4 Å². The van der Waals surface area contributed by atoms with Gasteiger partial charge in [-0.2, -0.15) is 0 Å². The minimum absolute atomic E-state index is 0.0548. The fraction of sp³-hybridized carbons (Fsp3) is 0.0526. The van der Waals surface area contributed by atoms with Crippen LogP contribution in [0.15, 0.2) is 63.8 Å². The van der Waals surface area contributed by atoms with Crippen LogP contribution in [0.3, 0.4) is 0 Å². The highest BCUT2D eigenvalue weighted by molar-refractivity contribution is 6.08. The highest BCUT2D eigenvalue weighted by Gasteiger charge is 2.12. The second kappa shape index (κ2) is 4.95. The molecule has 0 radical (unpaired) electrons. The Morgan fingerprint density at radius 1 is 0.957 bits per heavy atom. The van der Waals surface area contributed by atoms with E-state index < -0.39 is 5.97 Å². The summed E-state index contributed by atoms with van der Waals surface area (Å²) in [6, 6.07) is 15.9. The number of fused-ring (bicyclic) bond motifs is 4. The molecule has 4 rings (SSSR count). The lowest BCUT2D eigenvalue weighted by Crippen LogP contribution is -2.03. The predicted octanol–water partition coefficient (Wildman–Crippen LogP) is 3.89. The lowest BCUT2D eigenvalue weighted by Gasteiger charge is -2.06. The zero-order chi connectivity index (χ0) is 16.0. The number of methoxy groups -OCH3 is 1. The van der Waals surface area contributed by atoms with Crippen LogP contribution >= 0.6 is 0 Å². The van der Waals surface area contributed by atoms with E-state index in [0.29, 0.717) is 27.5 Å². The largest absolute Gasteiger partial charge is 0.465 e. The van der Waals surface area contributed by atoms with Crippen LogP contribution in [0.25, 0.3) is 32.7 Å². The van der Waals surface area contributed by atoms with Gasteiger partial charge in [0.25, 0.3) is 0 Å². The second-order valence-corrected chi connectivity index (χ2v) is 5.30. The molecule has 0 atom stereocenters. The molecular weight excluding hydrogens is 292 g/mol. The smallest absolute Gasteiger partial charge is 0.337 e. The minimum Gasteiger partial charge on any atom is -0.465 e. The molecule has 0 aliphatic rings. The Labute approximate surface area is 130 Å². The number of para-hydroxylation sites is 1. The van der Waals surface area contributed by atoms with Crippen molar-refractivity contribution in [1.29, 1.82) is 0 Å². The van der Waals surface area contributed by atoms with Crippen molar-refractivity contribution in [3.05, 3.63) is 70.4 Å². The Morgan fingerprint density at radius 3 is 2.57 bits per heavy atom. The summed E-state index contributed by atoms with van der Waals surface area (Å²) in [6.45, 7) is 0. The van der Waals surface area contributed by atoms with Crippen molar-refractivity contribution in [2.75, 3.05) is 7.11 Å². The SMILES string of the molecule is COC(=O)c1ccc2c(ccc3c(=O)c4ccccc4oc32)c1. The van der Waals surface area contributed by atoms with Crippen LogP contribution in [0.2, 0.25) is 0 Å². The standard InChI is InChI=1S/C19H12O4/c1-22-19(21)12-7-8-13-11(10-12)6-9-15-17(20)14-4-2-3-5-16(14)23-18(13)15/h2-10H,1H3. The van der Waals surface area contributed by atoms with Gasteiger partial charge in [0.05, 0.1) is 23.4 Å². The monoisotopic (exact) mass is 304 g/mol. The predicted molar refractivity (Wildman–Crippen MR) is 88.8 cm³/mol. The highest BCUT2D eigenvalue weighted by Crippen LogP contribution is 2.27. The summed E-state index contributed by atoms with van der Waals surface area (Å²) in [7, 11) is 1.35. The normalized spacial score (nSPS) is 11.2. The van der Waals surface area contributed by atoms with Crippen LogP contribution in [-0.4, -0.2) is 13.1 Å². The van der Waals surface area contributed by atoms with E-state index in [-0.39, 0.29) is 5.43 Å². The van der Waals surface area contributed by atoms with Gasteiger partial charge in [0.15, 0.2) is 0 Å². The van der Waals surface area contributed by atoms with Crippen molar-refractivity contribution < 1.29 is 13.9 Å². The van der Waals surface area contributed by atoms with Crippen molar-refractivity contribution in [1.82, 2.24) is 0 Å². The summed E-state index contributed by atoms with van der Waals surface area (Å²) in [6.07, 6.45) is 0. The van der Waals surface area contributed by atoms with Crippen LogP contribution in [0.1, 0.15) is 10.4 Å². The average Bonchev–Trinajstić information content (AvgIpc) is 2.60. The van der Waals surface area contributed by atoms with Crippen molar-refractivity contribution >= 4 is 38.7 Å². The van der Waals surface area contributed by atoms with Gasteiger partial charge in [0.2, 0.25) is 5.43 Å². The number of carbonyl (C=O) groups is 1. The topological polar surface area (TPSA) is 56.5 Å². The number of hydrogen-bond donors (Lipinski definition) is 0. The molecule has 0 amide bonds. The molecule has 4 heteroatoms. The molecule has 1 aromatic heterocycles. The van der Waals surface area contributed by atoms with Crippen molar-refractivity contribution in [2.45, 2.75) is 0 Å². The third kappa shape index (κ3) is 1.99. The maximum atomic E-state index is 12.6.